The monoisotopic (exact) mass is 361 g/mol. The lowest BCUT2D eigenvalue weighted by Crippen LogP contribution is -2.48. The van der Waals surface area contributed by atoms with Crippen LogP contribution in [0.4, 0.5) is 9.39 Å². The van der Waals surface area contributed by atoms with Crippen molar-refractivity contribution in [1.29, 1.82) is 0 Å². The molecule has 1 aliphatic rings. The molecule has 25 heavy (non-hydrogen) atoms. The normalized spacial score (nSPS) is 18.3. The molecular formula is C19H24FN3OS. The van der Waals surface area contributed by atoms with Crippen LogP contribution in [0.5, 0.6) is 0 Å². The maximum Gasteiger partial charge on any atom is 0.239 e. The van der Waals surface area contributed by atoms with E-state index in [1.54, 1.807) is 23.5 Å². The molecule has 6 heteroatoms. The first-order valence-corrected chi connectivity index (χ1v) is 9.34. The zero-order chi connectivity index (χ0) is 18.0. The highest BCUT2D eigenvalue weighted by atomic mass is 32.1. The Hall–Kier alpha value is -1.76. The summed E-state index contributed by atoms with van der Waals surface area (Å²) >= 11 is 1.62. The molecule has 0 bridgehead atoms. The van der Waals surface area contributed by atoms with Gasteiger partial charge in [0.1, 0.15) is 5.82 Å². The molecule has 0 spiro atoms. The molecule has 1 atom stereocenters. The minimum atomic E-state index is -0.243. The second kappa shape index (κ2) is 7.64. The van der Waals surface area contributed by atoms with Crippen LogP contribution in [0.3, 0.4) is 0 Å². The zero-order valence-electron chi connectivity index (χ0n) is 14.9. The van der Waals surface area contributed by atoms with Crippen molar-refractivity contribution >= 4 is 22.2 Å². The quantitative estimate of drug-likeness (QED) is 0.877. The highest BCUT2D eigenvalue weighted by Gasteiger charge is 2.26. The molecular weight excluding hydrogens is 337 g/mol. The van der Waals surface area contributed by atoms with E-state index in [1.807, 2.05) is 13.0 Å². The van der Waals surface area contributed by atoms with Crippen molar-refractivity contribution in [3.63, 3.8) is 0 Å². The summed E-state index contributed by atoms with van der Waals surface area (Å²) in [6.45, 7) is 8.79. The second-order valence-corrected chi connectivity index (χ2v) is 7.76. The summed E-state index contributed by atoms with van der Waals surface area (Å²) in [5.41, 5.74) is 3.27. The van der Waals surface area contributed by atoms with E-state index in [-0.39, 0.29) is 17.8 Å². The molecule has 3 rings (SSSR count). The standard InChI is InChI=1S/C19H24FN3OS/c1-12-13(2)19(25-14(12)3)22-18(24)11-23-8-7-21-10-17(23)15-5-4-6-16(20)9-15/h4-6,9,17,21H,7-8,10-11H2,1-3H3,(H,22,24). The summed E-state index contributed by atoms with van der Waals surface area (Å²) < 4.78 is 13.6. The molecule has 2 N–H and O–H groups in total. The average Bonchev–Trinajstić information content (AvgIpc) is 2.82. The van der Waals surface area contributed by atoms with Gasteiger partial charge < -0.3 is 10.6 Å². The molecule has 1 aromatic carbocycles. The van der Waals surface area contributed by atoms with Crippen molar-refractivity contribution in [2.75, 3.05) is 31.5 Å². The molecule has 1 unspecified atom stereocenters. The van der Waals surface area contributed by atoms with Crippen LogP contribution in [-0.2, 0) is 4.79 Å². The van der Waals surface area contributed by atoms with Gasteiger partial charge in [0, 0.05) is 30.6 Å². The van der Waals surface area contributed by atoms with Crippen LogP contribution >= 0.6 is 11.3 Å². The number of aryl methyl sites for hydroxylation is 1. The largest absolute Gasteiger partial charge is 0.316 e. The lowest BCUT2D eigenvalue weighted by molar-refractivity contribution is -0.118. The Bertz CT molecular complexity index is 774. The number of nitrogens with one attached hydrogen (secondary N) is 2. The Morgan fingerprint density at radius 2 is 2.16 bits per heavy atom. The van der Waals surface area contributed by atoms with Gasteiger partial charge in [0.25, 0.3) is 0 Å². The number of carbonyl (C=O) groups excluding carboxylic acids is 1. The molecule has 0 saturated carbocycles. The number of hydrogen-bond acceptors (Lipinski definition) is 4. The first-order valence-electron chi connectivity index (χ1n) is 8.52. The third kappa shape index (κ3) is 4.08. The number of piperazine rings is 1. The van der Waals surface area contributed by atoms with E-state index in [4.69, 9.17) is 0 Å². The van der Waals surface area contributed by atoms with Gasteiger partial charge in [0.2, 0.25) is 5.91 Å². The van der Waals surface area contributed by atoms with Gasteiger partial charge in [0.05, 0.1) is 11.5 Å². The summed E-state index contributed by atoms with van der Waals surface area (Å²) in [6.07, 6.45) is 0. The summed E-state index contributed by atoms with van der Waals surface area (Å²) in [4.78, 5) is 15.9. The van der Waals surface area contributed by atoms with Crippen LogP contribution in [0.25, 0.3) is 0 Å². The average molecular weight is 361 g/mol. The zero-order valence-corrected chi connectivity index (χ0v) is 15.7. The van der Waals surface area contributed by atoms with Gasteiger partial charge in [-0.15, -0.1) is 11.3 Å². The van der Waals surface area contributed by atoms with Gasteiger partial charge in [0.15, 0.2) is 0 Å². The van der Waals surface area contributed by atoms with Crippen molar-refractivity contribution in [2.24, 2.45) is 0 Å². The Kier molecular flexibility index (Phi) is 5.51. The predicted octanol–water partition coefficient (Wildman–Crippen LogP) is 3.40. The number of halogens is 1. The first kappa shape index (κ1) is 18.0. The van der Waals surface area contributed by atoms with Crippen LogP contribution in [0.15, 0.2) is 24.3 Å². The van der Waals surface area contributed by atoms with E-state index >= 15 is 0 Å². The topological polar surface area (TPSA) is 44.4 Å². The number of amides is 1. The van der Waals surface area contributed by atoms with Gasteiger partial charge in [-0.3, -0.25) is 9.69 Å². The molecule has 1 aliphatic heterocycles. The summed E-state index contributed by atoms with van der Waals surface area (Å²) in [6, 6.07) is 6.64. The molecule has 2 aromatic rings. The van der Waals surface area contributed by atoms with Crippen LogP contribution in [0, 0.1) is 26.6 Å². The summed E-state index contributed by atoms with van der Waals surface area (Å²) in [7, 11) is 0. The smallest absolute Gasteiger partial charge is 0.239 e. The number of rotatable bonds is 4. The van der Waals surface area contributed by atoms with Crippen LogP contribution < -0.4 is 10.6 Å². The SMILES string of the molecule is Cc1sc(NC(=O)CN2CCNCC2c2cccc(F)c2)c(C)c1C. The molecule has 1 amide bonds. The highest BCUT2D eigenvalue weighted by molar-refractivity contribution is 7.16. The van der Waals surface area contributed by atoms with Crippen molar-refractivity contribution < 1.29 is 9.18 Å². The maximum atomic E-state index is 13.6. The van der Waals surface area contributed by atoms with E-state index in [0.29, 0.717) is 13.1 Å². The second-order valence-electron chi connectivity index (χ2n) is 6.53. The maximum absolute atomic E-state index is 13.6. The molecule has 2 heterocycles. The van der Waals surface area contributed by atoms with Crippen LogP contribution in [0.2, 0.25) is 0 Å². The van der Waals surface area contributed by atoms with Gasteiger partial charge in [-0.25, -0.2) is 4.39 Å². The predicted molar refractivity (Wildman–Crippen MR) is 101 cm³/mol. The van der Waals surface area contributed by atoms with Crippen LogP contribution in [0.1, 0.15) is 27.6 Å². The summed E-state index contributed by atoms with van der Waals surface area (Å²) in [5.74, 6) is -0.264. The summed E-state index contributed by atoms with van der Waals surface area (Å²) in [5, 5.41) is 7.31. The van der Waals surface area contributed by atoms with Crippen molar-refractivity contribution in [3.05, 3.63) is 51.7 Å². The Balaban J connectivity index is 1.71. The lowest BCUT2D eigenvalue weighted by atomic mass is 10.0. The fourth-order valence-corrected chi connectivity index (χ4v) is 4.27. The molecule has 1 fully saturated rings. The van der Waals surface area contributed by atoms with Gasteiger partial charge >= 0.3 is 0 Å². The molecule has 0 radical (unpaired) electrons. The Morgan fingerprint density at radius 3 is 2.84 bits per heavy atom. The minimum absolute atomic E-state index is 0.00287. The highest BCUT2D eigenvalue weighted by Crippen LogP contribution is 2.31. The van der Waals surface area contributed by atoms with Gasteiger partial charge in [-0.2, -0.15) is 0 Å². The number of nitrogens with zero attached hydrogens (tertiary/aromatic N) is 1. The number of benzene rings is 1. The number of thiophene rings is 1. The molecule has 4 nitrogen and oxygen atoms in total. The third-order valence-corrected chi connectivity index (χ3v) is 6.10. The Morgan fingerprint density at radius 1 is 1.36 bits per heavy atom. The molecule has 1 saturated heterocycles. The fraction of sp³-hybridized carbons (Fsp3) is 0.421. The fourth-order valence-electron chi connectivity index (χ4n) is 3.19. The van der Waals surface area contributed by atoms with Crippen LogP contribution in [-0.4, -0.2) is 37.0 Å². The van der Waals surface area contributed by atoms with Crippen molar-refractivity contribution in [1.82, 2.24) is 10.2 Å². The van der Waals surface area contributed by atoms with Gasteiger partial charge in [-0.05, 0) is 49.6 Å². The van der Waals surface area contributed by atoms with E-state index in [1.165, 1.54) is 16.5 Å². The van der Waals surface area contributed by atoms with E-state index in [9.17, 15) is 9.18 Å². The van der Waals surface area contributed by atoms with Gasteiger partial charge in [-0.1, -0.05) is 12.1 Å². The third-order valence-electron chi connectivity index (χ3n) is 4.87. The van der Waals surface area contributed by atoms with E-state index < -0.39 is 0 Å². The molecule has 0 aliphatic carbocycles. The number of hydrogen-bond donors (Lipinski definition) is 2. The first-order chi connectivity index (χ1) is 12.0. The van der Waals surface area contributed by atoms with Crippen molar-refractivity contribution in [2.45, 2.75) is 26.8 Å². The van der Waals surface area contributed by atoms with Crippen molar-refractivity contribution in [3.8, 4) is 0 Å². The minimum Gasteiger partial charge on any atom is -0.316 e. The molecule has 1 aromatic heterocycles. The van der Waals surface area contributed by atoms with E-state index in [0.717, 1.165) is 29.2 Å². The lowest BCUT2D eigenvalue weighted by Gasteiger charge is -2.36. The number of carbonyl (C=O) groups is 1. The number of anilines is 1. The molecule has 134 valence electrons. The Labute approximate surface area is 152 Å². The van der Waals surface area contributed by atoms with E-state index in [2.05, 4.69) is 29.4 Å².